The quantitative estimate of drug-likeness (QED) is 0.179. The van der Waals surface area contributed by atoms with E-state index < -0.39 is 12.4 Å². The third kappa shape index (κ3) is 8.33. The predicted molar refractivity (Wildman–Crippen MR) is 172 cm³/mol. The summed E-state index contributed by atoms with van der Waals surface area (Å²) in [5.74, 6) is 0.510. The molecule has 0 atom stereocenters. The number of alkyl halides is 3. The van der Waals surface area contributed by atoms with Gasteiger partial charge in [0.2, 0.25) is 5.91 Å². The highest BCUT2D eigenvalue weighted by atomic mass is 32.2. The van der Waals surface area contributed by atoms with Gasteiger partial charge in [0.05, 0.1) is 17.1 Å². The van der Waals surface area contributed by atoms with Gasteiger partial charge in [0.1, 0.15) is 12.1 Å². The molecule has 4 aromatic rings. The minimum Gasteiger partial charge on any atom is -0.406 e. The highest BCUT2D eigenvalue weighted by Crippen LogP contribution is 2.34. The number of aryl methyl sites for hydroxylation is 2. The first-order valence-corrected chi connectivity index (χ1v) is 15.8. The Bertz CT molecular complexity index is 1740. The molecular formula is C33H33F3N6O3S. The lowest BCUT2D eigenvalue weighted by Crippen LogP contribution is -2.32. The summed E-state index contributed by atoms with van der Waals surface area (Å²) in [6, 6.07) is 18.7. The van der Waals surface area contributed by atoms with Crippen molar-refractivity contribution in [1.82, 2.24) is 20.1 Å². The number of amides is 3. The Hall–Kier alpha value is -4.65. The Labute approximate surface area is 268 Å². The summed E-state index contributed by atoms with van der Waals surface area (Å²) >= 11 is 1.26. The van der Waals surface area contributed by atoms with Crippen molar-refractivity contribution in [2.45, 2.75) is 52.3 Å². The van der Waals surface area contributed by atoms with Crippen LogP contribution in [-0.4, -0.2) is 50.5 Å². The fraction of sp³-hybridized carbons (Fsp3) is 0.303. The van der Waals surface area contributed by atoms with Gasteiger partial charge in [-0.1, -0.05) is 55.9 Å². The second-order valence-corrected chi connectivity index (χ2v) is 12.0. The third-order valence-electron chi connectivity index (χ3n) is 7.19. The minimum absolute atomic E-state index is 0.0955. The lowest BCUT2D eigenvalue weighted by Gasteiger charge is -2.22. The van der Waals surface area contributed by atoms with Gasteiger partial charge in [-0.05, 0) is 85.2 Å². The lowest BCUT2D eigenvalue weighted by atomic mass is 9.99. The molecule has 13 heteroatoms. The summed E-state index contributed by atoms with van der Waals surface area (Å²) in [4.78, 5) is 35.6. The summed E-state index contributed by atoms with van der Waals surface area (Å²) in [6.45, 7) is 6.54. The molecule has 9 nitrogen and oxygen atoms in total. The number of unbranched alkanes of at least 4 members (excludes halogenated alkanes) is 1. The number of carbonyl (C=O) groups is 2. The van der Waals surface area contributed by atoms with Crippen LogP contribution >= 0.6 is 11.8 Å². The van der Waals surface area contributed by atoms with Gasteiger partial charge in [-0.2, -0.15) is 4.99 Å². The molecule has 1 aliphatic rings. The van der Waals surface area contributed by atoms with E-state index in [1.807, 2.05) is 49.4 Å². The first-order valence-electron chi connectivity index (χ1n) is 14.8. The van der Waals surface area contributed by atoms with Crippen molar-refractivity contribution >= 4 is 34.6 Å². The number of nitrogens with one attached hydrogen (secondary N) is 1. The molecule has 0 saturated carbocycles. The fourth-order valence-corrected chi connectivity index (χ4v) is 5.84. The second-order valence-electron chi connectivity index (χ2n) is 11.1. The van der Waals surface area contributed by atoms with Crippen molar-refractivity contribution in [3.05, 3.63) is 89.7 Å². The fourth-order valence-electron chi connectivity index (χ4n) is 4.98. The average Bonchev–Trinajstić information content (AvgIpc) is 3.63. The van der Waals surface area contributed by atoms with E-state index >= 15 is 0 Å². The van der Waals surface area contributed by atoms with Gasteiger partial charge in [-0.3, -0.25) is 9.69 Å². The normalized spacial score (nSPS) is 14.4. The van der Waals surface area contributed by atoms with E-state index in [2.05, 4.69) is 39.0 Å². The van der Waals surface area contributed by atoms with Gasteiger partial charge in [0.25, 0.3) is 0 Å². The zero-order chi connectivity index (χ0) is 32.8. The van der Waals surface area contributed by atoms with Crippen LogP contribution < -0.4 is 15.0 Å². The molecule has 46 heavy (non-hydrogen) atoms. The van der Waals surface area contributed by atoms with Gasteiger partial charge in [-0.15, -0.1) is 18.3 Å². The van der Waals surface area contributed by atoms with Crippen LogP contribution in [0.4, 0.5) is 23.7 Å². The predicted octanol–water partition coefficient (Wildman–Crippen LogP) is 7.43. The van der Waals surface area contributed by atoms with Crippen molar-refractivity contribution in [3.8, 4) is 22.8 Å². The number of urea groups is 1. The summed E-state index contributed by atoms with van der Waals surface area (Å²) < 4.78 is 42.7. The molecule has 1 aliphatic heterocycles. The molecule has 2 heterocycles. The topological polar surface area (TPSA) is 102 Å². The third-order valence-corrected chi connectivity index (χ3v) is 8.12. The number of anilines is 1. The molecule has 240 valence electrons. The van der Waals surface area contributed by atoms with Crippen LogP contribution in [0.25, 0.3) is 17.1 Å². The van der Waals surface area contributed by atoms with Gasteiger partial charge in [0.15, 0.2) is 11.0 Å². The number of aliphatic imine (C=N–C) groups is 1. The number of amidine groups is 1. The Morgan fingerprint density at radius 1 is 1.09 bits per heavy atom. The van der Waals surface area contributed by atoms with E-state index in [0.717, 1.165) is 47.2 Å². The molecule has 1 saturated heterocycles. The maximum atomic E-state index is 12.8. The van der Waals surface area contributed by atoms with Gasteiger partial charge in [0, 0.05) is 12.1 Å². The smallest absolute Gasteiger partial charge is 0.406 e. The van der Waals surface area contributed by atoms with Crippen LogP contribution in [0.3, 0.4) is 0 Å². The Morgan fingerprint density at radius 3 is 2.61 bits per heavy atom. The van der Waals surface area contributed by atoms with E-state index in [9.17, 15) is 22.8 Å². The van der Waals surface area contributed by atoms with E-state index in [4.69, 9.17) is 0 Å². The number of benzene rings is 3. The monoisotopic (exact) mass is 650 g/mol. The van der Waals surface area contributed by atoms with Crippen LogP contribution in [-0.2, 0) is 11.2 Å². The van der Waals surface area contributed by atoms with Crippen LogP contribution in [0, 0.1) is 6.92 Å². The number of nitrogens with zero attached hydrogens (tertiary/aromatic N) is 5. The Kier molecular flexibility index (Phi) is 10.1. The van der Waals surface area contributed by atoms with Crippen molar-refractivity contribution < 1.29 is 27.5 Å². The summed E-state index contributed by atoms with van der Waals surface area (Å²) in [7, 11) is 0. The van der Waals surface area contributed by atoms with Crippen LogP contribution in [0.5, 0.6) is 5.75 Å². The lowest BCUT2D eigenvalue weighted by molar-refractivity contribution is -0.274. The van der Waals surface area contributed by atoms with E-state index in [1.54, 1.807) is 4.90 Å². The molecule has 1 N–H and O–H groups in total. The summed E-state index contributed by atoms with van der Waals surface area (Å²) in [5, 5.41) is 7.69. The van der Waals surface area contributed by atoms with Gasteiger partial charge >= 0.3 is 12.4 Å². The largest absolute Gasteiger partial charge is 0.573 e. The molecule has 0 unspecified atom stereocenters. The molecular weight excluding hydrogens is 617 g/mol. The van der Waals surface area contributed by atoms with Crippen LogP contribution in [0.1, 0.15) is 49.3 Å². The number of hydrogen-bond acceptors (Lipinski definition) is 6. The zero-order valence-corrected chi connectivity index (χ0v) is 26.4. The zero-order valence-electron chi connectivity index (χ0n) is 25.5. The Morgan fingerprint density at radius 2 is 1.87 bits per heavy atom. The molecule has 0 radical (unpaired) electrons. The maximum absolute atomic E-state index is 12.8. The highest BCUT2D eigenvalue weighted by molar-refractivity contribution is 8.15. The number of halogens is 3. The number of rotatable bonds is 10. The second kappa shape index (κ2) is 14.2. The standard InChI is InChI=1S/C33H33F3N6O3S/c1-21(2)27-15-10-22(3)17-28(27)42-29(43)19-46-32(42)39-31(44)37-16-5-4-7-23-8-6-9-24(18-23)30-38-20-41(40-30)25-11-13-26(14-12-25)45-33(34,35)36/h6,8-15,17-18,20-21H,4-5,7,16,19H2,1-3H3,(H,37,44)/b39-32-. The maximum Gasteiger partial charge on any atom is 0.573 e. The van der Waals surface area contributed by atoms with Crippen LogP contribution in [0.15, 0.2) is 78.0 Å². The molecule has 3 aromatic carbocycles. The summed E-state index contributed by atoms with van der Waals surface area (Å²) in [6.07, 6.45) is -0.947. The highest BCUT2D eigenvalue weighted by Gasteiger charge is 2.33. The molecule has 5 rings (SSSR count). The molecule has 0 bridgehead atoms. The van der Waals surface area contributed by atoms with Crippen molar-refractivity contribution in [1.29, 1.82) is 0 Å². The van der Waals surface area contributed by atoms with E-state index in [1.165, 1.54) is 47.0 Å². The number of carbonyl (C=O) groups excluding carboxylic acids is 2. The molecule has 0 aliphatic carbocycles. The molecule has 1 aromatic heterocycles. The molecule has 3 amide bonds. The number of hydrogen-bond donors (Lipinski definition) is 1. The van der Waals surface area contributed by atoms with E-state index in [0.29, 0.717) is 23.2 Å². The van der Waals surface area contributed by atoms with Crippen molar-refractivity contribution in [2.75, 3.05) is 17.2 Å². The van der Waals surface area contributed by atoms with Crippen molar-refractivity contribution in [2.24, 2.45) is 4.99 Å². The minimum atomic E-state index is -4.75. The molecule has 0 spiro atoms. The first kappa shape index (κ1) is 32.7. The summed E-state index contributed by atoms with van der Waals surface area (Å²) in [5.41, 5.74) is 5.24. The first-order chi connectivity index (χ1) is 22.0. The SMILES string of the molecule is Cc1ccc(C(C)C)c(N2C(=O)CS/C2=N\C(=O)NCCCCc2cccc(-c3ncn(-c4ccc(OC(F)(F)F)cc4)n3)c2)c1. The van der Waals surface area contributed by atoms with Gasteiger partial charge < -0.3 is 10.1 Å². The number of aromatic nitrogens is 3. The molecule has 1 fully saturated rings. The van der Waals surface area contributed by atoms with Gasteiger partial charge in [-0.25, -0.2) is 14.5 Å². The van der Waals surface area contributed by atoms with Crippen LogP contribution in [0.2, 0.25) is 0 Å². The Balaban J connectivity index is 1.13. The number of thioether (sulfide) groups is 1. The van der Waals surface area contributed by atoms with Crippen molar-refractivity contribution in [3.63, 3.8) is 0 Å². The number of ether oxygens (including phenoxy) is 1. The van der Waals surface area contributed by atoms with E-state index in [-0.39, 0.29) is 23.3 Å². The average molecular weight is 651 g/mol.